The lowest BCUT2D eigenvalue weighted by Crippen LogP contribution is -2.29. The Labute approximate surface area is 112 Å². The van der Waals surface area contributed by atoms with Crippen LogP contribution in [-0.2, 0) is 5.75 Å². The Hall–Kier alpha value is -1.87. The molecule has 19 heavy (non-hydrogen) atoms. The van der Waals surface area contributed by atoms with Gasteiger partial charge in [0.25, 0.3) is 0 Å². The second kappa shape index (κ2) is 5.02. The average Bonchev–Trinajstić information content (AvgIpc) is 2.99. The maximum Gasteiger partial charge on any atom is 0.300 e. The number of carbonyl (C=O) groups is 1. The predicted molar refractivity (Wildman–Crippen MR) is 66.0 cm³/mol. The zero-order chi connectivity index (χ0) is 13.2. The third-order valence-electron chi connectivity index (χ3n) is 2.72. The van der Waals surface area contributed by atoms with Crippen molar-refractivity contribution in [2.45, 2.75) is 29.8 Å². The summed E-state index contributed by atoms with van der Waals surface area (Å²) in [6.45, 7) is 0. The molecule has 3 rings (SSSR count). The van der Waals surface area contributed by atoms with E-state index in [-0.39, 0.29) is 5.76 Å². The summed E-state index contributed by atoms with van der Waals surface area (Å²) < 4.78 is 7.19. The highest BCUT2D eigenvalue weighted by atomic mass is 32.2. The van der Waals surface area contributed by atoms with E-state index in [0.29, 0.717) is 17.6 Å². The lowest BCUT2D eigenvalue weighted by Gasteiger charge is -2.00. The molecule has 3 N–H and O–H groups in total. The monoisotopic (exact) mass is 280 g/mol. The molecule has 1 aliphatic rings. The molecule has 2 aromatic heterocycles. The van der Waals surface area contributed by atoms with Gasteiger partial charge in [-0.15, -0.1) is 5.10 Å². The van der Waals surface area contributed by atoms with E-state index in [1.165, 1.54) is 11.8 Å². The van der Waals surface area contributed by atoms with Crippen molar-refractivity contribution >= 4 is 17.7 Å². The molecule has 0 radical (unpaired) electrons. The molecule has 0 aromatic carbocycles. The lowest BCUT2D eigenvalue weighted by molar-refractivity contribution is 0.0924. The zero-order valence-corrected chi connectivity index (χ0v) is 10.8. The zero-order valence-electron chi connectivity index (χ0n) is 9.94. The van der Waals surface area contributed by atoms with Crippen molar-refractivity contribution in [2.24, 2.45) is 5.84 Å². The molecule has 1 aliphatic carbocycles. The molecule has 2 aromatic rings. The van der Waals surface area contributed by atoms with E-state index in [1.54, 1.807) is 12.1 Å². The Morgan fingerprint density at radius 3 is 3.16 bits per heavy atom. The minimum Gasteiger partial charge on any atom is -0.455 e. The highest BCUT2D eigenvalue weighted by Crippen LogP contribution is 2.36. The summed E-state index contributed by atoms with van der Waals surface area (Å²) in [5, 5.41) is 12.4. The highest BCUT2D eigenvalue weighted by molar-refractivity contribution is 7.98. The first kappa shape index (κ1) is 12.2. The molecule has 0 aliphatic heterocycles. The number of furan rings is 1. The van der Waals surface area contributed by atoms with Gasteiger partial charge < -0.3 is 4.42 Å². The normalized spacial score (nSPS) is 14.6. The van der Waals surface area contributed by atoms with Crippen molar-refractivity contribution in [1.29, 1.82) is 0 Å². The SMILES string of the molecule is NNC(=O)c1ccc(CSc2nnnn2C2CC2)o1. The molecule has 1 saturated carbocycles. The number of nitrogen functional groups attached to an aromatic ring is 1. The van der Waals surface area contributed by atoms with Crippen molar-refractivity contribution in [3.63, 3.8) is 0 Å². The summed E-state index contributed by atoms with van der Waals surface area (Å²) in [4.78, 5) is 11.2. The van der Waals surface area contributed by atoms with E-state index in [2.05, 4.69) is 15.5 Å². The van der Waals surface area contributed by atoms with Crippen molar-refractivity contribution in [3.05, 3.63) is 23.7 Å². The smallest absolute Gasteiger partial charge is 0.300 e. The third kappa shape index (κ3) is 2.61. The topological polar surface area (TPSA) is 112 Å². The number of hydrogen-bond acceptors (Lipinski definition) is 7. The molecular formula is C10H12N6O2S. The number of tetrazole rings is 1. The Bertz CT molecular complexity index is 590. The van der Waals surface area contributed by atoms with Gasteiger partial charge in [0.05, 0.1) is 11.8 Å². The maximum atomic E-state index is 11.2. The first-order valence-corrected chi connectivity index (χ1v) is 6.77. The van der Waals surface area contributed by atoms with Crippen LogP contribution in [0.15, 0.2) is 21.7 Å². The summed E-state index contributed by atoms with van der Waals surface area (Å²) in [7, 11) is 0. The molecule has 0 saturated heterocycles. The number of rotatable bonds is 5. The van der Waals surface area contributed by atoms with E-state index in [1.807, 2.05) is 10.1 Å². The number of hydrogen-bond donors (Lipinski definition) is 2. The second-order valence-electron chi connectivity index (χ2n) is 4.17. The fourth-order valence-electron chi connectivity index (χ4n) is 1.61. The van der Waals surface area contributed by atoms with Crippen LogP contribution in [0, 0.1) is 0 Å². The minimum absolute atomic E-state index is 0.194. The van der Waals surface area contributed by atoms with Gasteiger partial charge in [0.2, 0.25) is 5.16 Å². The van der Waals surface area contributed by atoms with Crippen molar-refractivity contribution in [3.8, 4) is 0 Å². The van der Waals surface area contributed by atoms with Crippen molar-refractivity contribution < 1.29 is 9.21 Å². The molecule has 1 fully saturated rings. The summed E-state index contributed by atoms with van der Waals surface area (Å²) in [6.07, 6.45) is 2.25. The van der Waals surface area contributed by atoms with Crippen LogP contribution < -0.4 is 11.3 Å². The van der Waals surface area contributed by atoms with Crippen LogP contribution in [0.1, 0.15) is 35.2 Å². The number of carbonyl (C=O) groups excluding carboxylic acids is 1. The average molecular weight is 280 g/mol. The lowest BCUT2D eigenvalue weighted by atomic mass is 10.4. The van der Waals surface area contributed by atoms with Gasteiger partial charge in [-0.3, -0.25) is 10.2 Å². The molecule has 100 valence electrons. The number of nitrogens with two attached hydrogens (primary N) is 1. The van der Waals surface area contributed by atoms with Crippen LogP contribution in [0.25, 0.3) is 0 Å². The molecule has 0 spiro atoms. The minimum atomic E-state index is -0.445. The number of thioether (sulfide) groups is 1. The van der Waals surface area contributed by atoms with Gasteiger partial charge in [-0.05, 0) is 35.4 Å². The maximum absolute atomic E-state index is 11.2. The van der Waals surface area contributed by atoms with Gasteiger partial charge in [-0.2, -0.15) is 0 Å². The van der Waals surface area contributed by atoms with E-state index < -0.39 is 5.91 Å². The quantitative estimate of drug-likeness (QED) is 0.355. The van der Waals surface area contributed by atoms with E-state index in [9.17, 15) is 4.79 Å². The molecule has 9 heteroatoms. The molecule has 0 bridgehead atoms. The first-order valence-electron chi connectivity index (χ1n) is 5.78. The Morgan fingerprint density at radius 2 is 2.42 bits per heavy atom. The molecule has 0 unspecified atom stereocenters. The molecule has 0 atom stereocenters. The Kier molecular flexibility index (Phi) is 3.22. The van der Waals surface area contributed by atoms with Crippen LogP contribution in [0.4, 0.5) is 0 Å². The first-order chi connectivity index (χ1) is 9.28. The van der Waals surface area contributed by atoms with Gasteiger partial charge >= 0.3 is 5.91 Å². The highest BCUT2D eigenvalue weighted by Gasteiger charge is 2.27. The number of amides is 1. The van der Waals surface area contributed by atoms with Gasteiger partial charge in [-0.1, -0.05) is 11.8 Å². The Morgan fingerprint density at radius 1 is 1.58 bits per heavy atom. The van der Waals surface area contributed by atoms with Crippen LogP contribution >= 0.6 is 11.8 Å². The predicted octanol–water partition coefficient (Wildman–Crippen LogP) is 0.497. The fourth-order valence-corrected chi connectivity index (χ4v) is 2.45. The summed E-state index contributed by atoms with van der Waals surface area (Å²) in [6, 6.07) is 3.76. The van der Waals surface area contributed by atoms with Gasteiger partial charge in [0.1, 0.15) is 5.76 Å². The third-order valence-corrected chi connectivity index (χ3v) is 3.67. The van der Waals surface area contributed by atoms with Crippen LogP contribution in [0.2, 0.25) is 0 Å². The van der Waals surface area contributed by atoms with Gasteiger partial charge in [-0.25, -0.2) is 10.5 Å². The summed E-state index contributed by atoms with van der Waals surface area (Å²) in [5.74, 6) is 6.01. The largest absolute Gasteiger partial charge is 0.455 e. The van der Waals surface area contributed by atoms with Crippen LogP contribution in [0.3, 0.4) is 0 Å². The summed E-state index contributed by atoms with van der Waals surface area (Å²) in [5.41, 5.74) is 2.02. The van der Waals surface area contributed by atoms with Gasteiger partial charge in [0.15, 0.2) is 5.76 Å². The number of hydrazine groups is 1. The van der Waals surface area contributed by atoms with Gasteiger partial charge in [0, 0.05) is 0 Å². The number of nitrogens with zero attached hydrogens (tertiary/aromatic N) is 4. The molecule has 1 amide bonds. The standard InChI is InChI=1S/C10H12N6O2S/c11-12-9(17)8-4-3-7(18-8)5-19-10-13-14-15-16(10)6-1-2-6/h3-4,6H,1-2,5,11H2,(H,12,17). The molecule has 2 heterocycles. The van der Waals surface area contributed by atoms with Crippen molar-refractivity contribution in [1.82, 2.24) is 25.6 Å². The second-order valence-corrected chi connectivity index (χ2v) is 5.11. The number of nitrogens with one attached hydrogen (secondary N) is 1. The van der Waals surface area contributed by atoms with E-state index in [0.717, 1.165) is 18.0 Å². The number of aromatic nitrogens is 4. The molecular weight excluding hydrogens is 268 g/mol. The summed E-state index contributed by atoms with van der Waals surface area (Å²) >= 11 is 1.48. The van der Waals surface area contributed by atoms with E-state index in [4.69, 9.17) is 10.3 Å². The fraction of sp³-hybridized carbons (Fsp3) is 0.400. The van der Waals surface area contributed by atoms with Crippen molar-refractivity contribution in [2.75, 3.05) is 0 Å². The molecule has 8 nitrogen and oxygen atoms in total. The van der Waals surface area contributed by atoms with Crippen LogP contribution in [-0.4, -0.2) is 26.1 Å². The Balaban J connectivity index is 1.64. The van der Waals surface area contributed by atoms with E-state index >= 15 is 0 Å². The van der Waals surface area contributed by atoms with Crippen LogP contribution in [0.5, 0.6) is 0 Å².